The summed E-state index contributed by atoms with van der Waals surface area (Å²) in [5.74, 6) is 0. The molecule has 0 aromatic heterocycles. The van der Waals surface area contributed by atoms with Gasteiger partial charge in [0.2, 0.25) is 6.41 Å². The monoisotopic (exact) mass is 117 g/mol. The van der Waals surface area contributed by atoms with Gasteiger partial charge in [-0.1, -0.05) is 0 Å². The molecular weight excluding hydrogens is 106 g/mol. The van der Waals surface area contributed by atoms with Gasteiger partial charge in [-0.05, 0) is 6.42 Å². The first-order valence-electron chi connectivity index (χ1n) is 2.57. The Balaban J connectivity index is 2.62. The average Bonchev–Trinajstić information content (AvgIpc) is 1.81. The number of hydrogen-bond donors (Lipinski definition) is 1. The number of methoxy groups -OCH3 is 1. The van der Waals surface area contributed by atoms with Crippen LogP contribution in [-0.2, 0) is 9.53 Å². The Morgan fingerprint density at radius 3 is 3.00 bits per heavy atom. The maximum atomic E-state index is 9.62. The molecule has 0 bridgehead atoms. The maximum absolute atomic E-state index is 9.62. The highest BCUT2D eigenvalue weighted by Crippen LogP contribution is 1.73. The van der Waals surface area contributed by atoms with Gasteiger partial charge in [0.15, 0.2) is 0 Å². The molecular formula is C5H11NO2. The third-order valence-electron chi connectivity index (χ3n) is 0.753. The van der Waals surface area contributed by atoms with E-state index in [-0.39, 0.29) is 0 Å². The van der Waals surface area contributed by atoms with Gasteiger partial charge in [0.1, 0.15) is 0 Å². The van der Waals surface area contributed by atoms with Crippen LogP contribution < -0.4 is 5.32 Å². The van der Waals surface area contributed by atoms with Crippen LogP contribution in [0.3, 0.4) is 0 Å². The fraction of sp³-hybridized carbons (Fsp3) is 0.800. The Morgan fingerprint density at radius 2 is 2.50 bits per heavy atom. The quantitative estimate of drug-likeness (QED) is 0.399. The van der Waals surface area contributed by atoms with E-state index >= 15 is 0 Å². The number of ether oxygens (including phenoxy) is 1. The van der Waals surface area contributed by atoms with Gasteiger partial charge in [-0.15, -0.1) is 0 Å². The van der Waals surface area contributed by atoms with Gasteiger partial charge in [0.25, 0.3) is 0 Å². The van der Waals surface area contributed by atoms with Crippen molar-refractivity contribution in [2.24, 2.45) is 0 Å². The third-order valence-corrected chi connectivity index (χ3v) is 0.753. The molecule has 0 saturated carbocycles. The van der Waals surface area contributed by atoms with Crippen molar-refractivity contribution in [2.75, 3.05) is 20.3 Å². The molecule has 0 aliphatic carbocycles. The highest BCUT2D eigenvalue weighted by Gasteiger charge is 1.80. The van der Waals surface area contributed by atoms with E-state index in [1.54, 1.807) is 7.11 Å². The highest BCUT2D eigenvalue weighted by molar-refractivity contribution is 5.45. The molecule has 0 heterocycles. The summed E-state index contributed by atoms with van der Waals surface area (Å²) < 4.78 is 4.73. The summed E-state index contributed by atoms with van der Waals surface area (Å²) in [4.78, 5) is 9.62. The molecule has 0 unspecified atom stereocenters. The summed E-state index contributed by atoms with van der Waals surface area (Å²) in [6.07, 6.45) is 1.57. The number of amides is 1. The number of nitrogens with one attached hydrogen (secondary N) is 1. The highest BCUT2D eigenvalue weighted by atomic mass is 16.5. The molecule has 0 saturated heterocycles. The smallest absolute Gasteiger partial charge is 0.207 e. The lowest BCUT2D eigenvalue weighted by Crippen LogP contribution is -2.13. The van der Waals surface area contributed by atoms with Gasteiger partial charge in [-0.3, -0.25) is 4.79 Å². The second kappa shape index (κ2) is 6.43. The molecule has 1 N–H and O–H groups in total. The number of carbonyl (C=O) groups excluding carboxylic acids is 1. The van der Waals surface area contributed by atoms with Gasteiger partial charge in [0.05, 0.1) is 0 Å². The van der Waals surface area contributed by atoms with Crippen LogP contribution in [0.5, 0.6) is 0 Å². The Kier molecular flexibility index (Phi) is 5.97. The minimum atomic E-state index is 0.690. The third kappa shape index (κ3) is 5.43. The van der Waals surface area contributed by atoms with Crippen LogP contribution in [0.4, 0.5) is 0 Å². The summed E-state index contributed by atoms with van der Waals surface area (Å²) in [7, 11) is 1.64. The zero-order valence-electron chi connectivity index (χ0n) is 5.02. The second-order valence-corrected chi connectivity index (χ2v) is 1.42. The predicted octanol–water partition coefficient (Wildman–Crippen LogP) is -0.231. The Morgan fingerprint density at radius 1 is 1.75 bits per heavy atom. The maximum Gasteiger partial charge on any atom is 0.207 e. The molecule has 0 aromatic rings. The van der Waals surface area contributed by atoms with Crippen molar-refractivity contribution >= 4 is 6.41 Å². The summed E-state index contributed by atoms with van der Waals surface area (Å²) in [6.45, 7) is 1.41. The lowest BCUT2D eigenvalue weighted by Gasteiger charge is -1.95. The molecule has 0 aliphatic heterocycles. The van der Waals surface area contributed by atoms with E-state index in [0.29, 0.717) is 19.6 Å². The van der Waals surface area contributed by atoms with Crippen LogP contribution in [0.25, 0.3) is 0 Å². The largest absolute Gasteiger partial charge is 0.385 e. The van der Waals surface area contributed by atoms with E-state index in [1.165, 1.54) is 0 Å². The average molecular weight is 117 g/mol. The normalized spacial score (nSPS) is 8.62. The number of carbonyl (C=O) groups is 1. The molecule has 48 valence electrons. The van der Waals surface area contributed by atoms with Gasteiger partial charge in [-0.2, -0.15) is 0 Å². The van der Waals surface area contributed by atoms with Crippen LogP contribution in [0.15, 0.2) is 0 Å². The molecule has 0 spiro atoms. The first-order chi connectivity index (χ1) is 3.91. The summed E-state index contributed by atoms with van der Waals surface area (Å²) in [6, 6.07) is 0. The van der Waals surface area contributed by atoms with Gasteiger partial charge in [-0.25, -0.2) is 0 Å². The van der Waals surface area contributed by atoms with Crippen LogP contribution in [0, 0.1) is 0 Å². The molecule has 3 heteroatoms. The van der Waals surface area contributed by atoms with E-state index in [4.69, 9.17) is 4.74 Å². The number of rotatable bonds is 5. The molecule has 0 aliphatic rings. The molecule has 0 fully saturated rings. The first-order valence-corrected chi connectivity index (χ1v) is 2.57. The zero-order chi connectivity index (χ0) is 6.24. The number of hydrogen-bond acceptors (Lipinski definition) is 2. The summed E-state index contributed by atoms with van der Waals surface area (Å²) >= 11 is 0. The predicted molar refractivity (Wildman–Crippen MR) is 30.6 cm³/mol. The minimum absolute atomic E-state index is 0.690. The van der Waals surface area contributed by atoms with Crippen molar-refractivity contribution in [1.29, 1.82) is 0 Å². The van der Waals surface area contributed by atoms with Gasteiger partial charge in [0, 0.05) is 20.3 Å². The van der Waals surface area contributed by atoms with Crippen molar-refractivity contribution < 1.29 is 9.53 Å². The van der Waals surface area contributed by atoms with Crippen molar-refractivity contribution in [3.63, 3.8) is 0 Å². The second-order valence-electron chi connectivity index (χ2n) is 1.42. The van der Waals surface area contributed by atoms with Crippen LogP contribution in [0.2, 0.25) is 0 Å². The van der Waals surface area contributed by atoms with Crippen molar-refractivity contribution in [2.45, 2.75) is 6.42 Å². The molecule has 0 atom stereocenters. The molecule has 0 aromatic carbocycles. The molecule has 8 heavy (non-hydrogen) atoms. The lowest BCUT2D eigenvalue weighted by atomic mass is 10.5. The van der Waals surface area contributed by atoms with Crippen LogP contribution >= 0.6 is 0 Å². The van der Waals surface area contributed by atoms with Gasteiger partial charge < -0.3 is 10.1 Å². The standard InChI is InChI=1S/C5H11NO2/c1-8-4-2-3-6-5-7/h5H,2-4H2,1H3,(H,6,7). The zero-order valence-corrected chi connectivity index (χ0v) is 5.02. The Labute approximate surface area is 49.0 Å². The Hall–Kier alpha value is -0.570. The lowest BCUT2D eigenvalue weighted by molar-refractivity contribution is -0.109. The van der Waals surface area contributed by atoms with Crippen LogP contribution in [0.1, 0.15) is 6.42 Å². The first kappa shape index (κ1) is 7.43. The molecule has 0 rings (SSSR count). The topological polar surface area (TPSA) is 38.3 Å². The summed E-state index contributed by atoms with van der Waals surface area (Å²) in [5, 5.41) is 2.52. The molecule has 1 amide bonds. The van der Waals surface area contributed by atoms with E-state index in [0.717, 1.165) is 6.42 Å². The summed E-state index contributed by atoms with van der Waals surface area (Å²) in [5.41, 5.74) is 0. The fourth-order valence-corrected chi connectivity index (χ4v) is 0.377. The molecule has 3 nitrogen and oxygen atoms in total. The minimum Gasteiger partial charge on any atom is -0.385 e. The van der Waals surface area contributed by atoms with Crippen LogP contribution in [-0.4, -0.2) is 26.7 Å². The SMILES string of the molecule is COCCCNC=O. The van der Waals surface area contributed by atoms with E-state index in [1.807, 2.05) is 0 Å². The van der Waals surface area contributed by atoms with Crippen molar-refractivity contribution in [3.8, 4) is 0 Å². The van der Waals surface area contributed by atoms with Crippen molar-refractivity contribution in [3.05, 3.63) is 0 Å². The fourth-order valence-electron chi connectivity index (χ4n) is 0.377. The van der Waals surface area contributed by atoms with E-state index in [9.17, 15) is 4.79 Å². The van der Waals surface area contributed by atoms with Gasteiger partial charge >= 0.3 is 0 Å². The van der Waals surface area contributed by atoms with Crippen molar-refractivity contribution in [1.82, 2.24) is 5.32 Å². The molecule has 0 radical (unpaired) electrons. The Bertz CT molecular complexity index is 56.4. The van der Waals surface area contributed by atoms with E-state index < -0.39 is 0 Å². The van der Waals surface area contributed by atoms with E-state index in [2.05, 4.69) is 5.32 Å².